The van der Waals surface area contributed by atoms with Gasteiger partial charge in [0.2, 0.25) is 0 Å². The van der Waals surface area contributed by atoms with Crippen LogP contribution in [-0.4, -0.2) is 243 Å². The first-order chi connectivity index (χ1) is 37.3. The van der Waals surface area contributed by atoms with Crippen LogP contribution >= 0.6 is 0 Å². The minimum Gasteiger partial charge on any atom is -0.481 e. The Labute approximate surface area is 462 Å². The molecule has 4 aliphatic heterocycles. The maximum absolute atomic E-state index is 14.2. The minimum absolute atomic E-state index is 0.0329. The van der Waals surface area contributed by atoms with E-state index in [2.05, 4.69) is 33.8 Å². The summed E-state index contributed by atoms with van der Waals surface area (Å²) in [4.78, 5) is 39.6. The van der Waals surface area contributed by atoms with Gasteiger partial charge in [-0.15, -0.1) is 0 Å². The Morgan fingerprint density at radius 1 is 0.550 bits per heavy atom. The number of allylic oxidation sites excluding steroid dienone is 2. The molecule has 456 valence electrons. The molecule has 0 unspecified atom stereocenters. The molecule has 4 heterocycles. The van der Waals surface area contributed by atoms with Gasteiger partial charge in [0.25, 0.3) is 0 Å². The third-order valence-corrected chi connectivity index (χ3v) is 21.9. The molecule has 9 rings (SSSR count). The Morgan fingerprint density at radius 3 is 1.74 bits per heavy atom. The Kier molecular flexibility index (Phi) is 17.0. The maximum Gasteiger partial charge on any atom is 0.335 e. The zero-order valence-electron chi connectivity index (χ0n) is 46.0. The van der Waals surface area contributed by atoms with E-state index < -0.39 is 205 Å². The van der Waals surface area contributed by atoms with Crippen molar-refractivity contribution in [2.75, 3.05) is 13.2 Å². The summed E-state index contributed by atoms with van der Waals surface area (Å²) >= 11 is 0. The molecule has 9 aliphatic rings. The van der Waals surface area contributed by atoms with Gasteiger partial charge in [-0.25, -0.2) is 4.79 Å². The van der Waals surface area contributed by atoms with E-state index in [9.17, 15) is 91.0 Å². The predicted molar refractivity (Wildman–Crippen MR) is 266 cm³/mol. The van der Waals surface area contributed by atoms with Crippen molar-refractivity contribution in [3.8, 4) is 0 Å². The summed E-state index contributed by atoms with van der Waals surface area (Å²) in [6.45, 7) is 11.3. The summed E-state index contributed by atoms with van der Waals surface area (Å²) in [6.07, 6.45) is -35.4. The average Bonchev–Trinajstić information content (AvgIpc) is 3.41. The smallest absolute Gasteiger partial charge is 0.335 e. The summed E-state index contributed by atoms with van der Waals surface area (Å²) < 4.78 is 48.3. The van der Waals surface area contributed by atoms with Gasteiger partial charge in [-0.3, -0.25) is 9.59 Å². The quantitative estimate of drug-likeness (QED) is 0.0680. The molecule has 0 aromatic rings. The number of aliphatic hydroxyl groups is 12. The number of fused-ring (bicyclic) bond motifs is 7. The molecule has 5 aliphatic carbocycles. The lowest BCUT2D eigenvalue weighted by molar-refractivity contribution is -0.410. The summed E-state index contributed by atoms with van der Waals surface area (Å²) in [5.74, 6) is -4.90. The molecule has 0 amide bonds. The molecule has 4 saturated carbocycles. The van der Waals surface area contributed by atoms with Crippen molar-refractivity contribution in [2.45, 2.75) is 241 Å². The van der Waals surface area contributed by atoms with E-state index >= 15 is 0 Å². The zero-order chi connectivity index (χ0) is 58.9. The highest BCUT2D eigenvalue weighted by molar-refractivity contribution is 5.76. The van der Waals surface area contributed by atoms with Gasteiger partial charge < -0.3 is 114 Å². The van der Waals surface area contributed by atoms with Crippen molar-refractivity contribution in [1.82, 2.24) is 0 Å². The zero-order valence-corrected chi connectivity index (χ0v) is 46.0. The molecule has 0 aromatic carbocycles. The summed E-state index contributed by atoms with van der Waals surface area (Å²) in [6, 6.07) is 0. The van der Waals surface area contributed by atoms with Crippen LogP contribution in [-0.2, 0) is 52.3 Å². The Morgan fingerprint density at radius 2 is 1.12 bits per heavy atom. The van der Waals surface area contributed by atoms with E-state index in [0.717, 1.165) is 12.0 Å². The van der Waals surface area contributed by atoms with Crippen LogP contribution in [0.2, 0.25) is 0 Å². The number of hydrogen-bond donors (Lipinski definition) is 15. The average molecular weight is 1150 g/mol. The molecular formula is C54H84O26. The second kappa shape index (κ2) is 22.0. The van der Waals surface area contributed by atoms with Crippen molar-refractivity contribution in [2.24, 2.45) is 50.2 Å². The third-order valence-electron chi connectivity index (χ3n) is 21.9. The van der Waals surface area contributed by atoms with Gasteiger partial charge in [-0.1, -0.05) is 39.3 Å². The van der Waals surface area contributed by atoms with Gasteiger partial charge in [-0.2, -0.15) is 0 Å². The minimum atomic E-state index is -2.28. The molecular weight excluding hydrogens is 1060 g/mol. The SMILES string of the molecule is C[C@@H]1O[C@@H](O[C@H]2[C@H](O[C@H]3[C@H](O[C@H]4CC[C@@]5(C)[C@@H](CC[C@]6(C)[C@@H]5CC=C5[C@@H]7C[C@](C)(C(=O)O)C[C@@H](O)[C@]7(C)CC[C@]56C)[C@]4(C)C(=O)O)O[C@H](C(=O)O)[C@@H](O)[C@@H]3O)O[C@H](CO)[C@H](O)[C@@H]2O[C@@H]2O[C@H](CO)[C@@H](O)[C@H](O)[C@H]2O)[C@H](O)[C@H](O)[C@H]1O. The first-order valence-corrected chi connectivity index (χ1v) is 28.0. The van der Waals surface area contributed by atoms with Crippen LogP contribution in [0.5, 0.6) is 0 Å². The molecule has 26 heteroatoms. The summed E-state index contributed by atoms with van der Waals surface area (Å²) in [5, 5.41) is 164. The van der Waals surface area contributed by atoms with Gasteiger partial charge >= 0.3 is 17.9 Å². The number of hydrogen-bond acceptors (Lipinski definition) is 23. The van der Waals surface area contributed by atoms with Crippen LogP contribution in [0.3, 0.4) is 0 Å². The molecule has 0 bridgehead atoms. The maximum atomic E-state index is 14.2. The van der Waals surface area contributed by atoms with E-state index in [1.54, 1.807) is 13.8 Å². The van der Waals surface area contributed by atoms with E-state index in [0.29, 0.717) is 38.5 Å². The van der Waals surface area contributed by atoms with Crippen molar-refractivity contribution >= 4 is 17.9 Å². The van der Waals surface area contributed by atoms with Crippen LogP contribution in [0, 0.1) is 50.2 Å². The first kappa shape index (κ1) is 61.9. The fraction of sp³-hybridized carbons (Fsp3) is 0.907. The molecule has 0 spiro atoms. The highest BCUT2D eigenvalue weighted by Crippen LogP contribution is 2.76. The molecule has 26 nitrogen and oxygen atoms in total. The van der Waals surface area contributed by atoms with Gasteiger partial charge in [0.05, 0.1) is 42.4 Å². The Bertz CT molecular complexity index is 2330. The molecule has 0 radical (unpaired) electrons. The van der Waals surface area contributed by atoms with E-state index in [4.69, 9.17) is 37.9 Å². The van der Waals surface area contributed by atoms with Crippen LogP contribution in [0.15, 0.2) is 11.6 Å². The van der Waals surface area contributed by atoms with E-state index in [1.165, 1.54) is 6.92 Å². The predicted octanol–water partition coefficient (Wildman–Crippen LogP) is -2.31. The lowest BCUT2D eigenvalue weighted by Crippen LogP contribution is -2.69. The Hall–Kier alpha value is -2.65. The highest BCUT2D eigenvalue weighted by atomic mass is 16.8. The summed E-state index contributed by atoms with van der Waals surface area (Å²) in [5.41, 5.74) is -3.87. The van der Waals surface area contributed by atoms with Crippen molar-refractivity contribution in [1.29, 1.82) is 0 Å². The standard InChI is InChI=1S/C54H84O26/c1-20-29(58)32(61)36(65)43(73-20)80-41-38(77-44-37(66)33(62)30(59)23(18-55)74-44)31(60)24(19-56)75-46(41)79-40-35(64)34(63)39(42(67)68)78-45(40)76-28-11-12-51(4)25-9-8-21-22-16-49(2,47(69)70)17-27(57)50(22,3)14-15-52(21,5)53(25,6)13-10-26(51)54(28,7)48(71)72/h8,20,22-41,43-46,55-66H,9-19H2,1-7H3,(H,67,68)(H,69,70)(H,71,72)/t20-,22-,23+,24+,25+,26+,27+,28-,29-,30+,31-,32+,33-,34-,35-,36+,37+,38-,39-,40+,41+,43-,44-,45+,46-,49-,50+,51+,52+,53+,54-/m0/s1. The lowest BCUT2D eigenvalue weighted by Gasteiger charge is -2.71. The van der Waals surface area contributed by atoms with E-state index in [1.807, 2.05) is 0 Å². The van der Waals surface area contributed by atoms with Gasteiger partial charge in [0.1, 0.15) is 85.5 Å². The highest BCUT2D eigenvalue weighted by Gasteiger charge is 2.72. The molecule has 0 aromatic heterocycles. The van der Waals surface area contributed by atoms with Crippen molar-refractivity contribution in [3.63, 3.8) is 0 Å². The Balaban J connectivity index is 1.04. The number of carboxylic acids is 3. The van der Waals surface area contributed by atoms with Gasteiger partial charge in [0.15, 0.2) is 31.3 Å². The van der Waals surface area contributed by atoms with Crippen molar-refractivity contribution in [3.05, 3.63) is 11.6 Å². The fourth-order valence-corrected chi connectivity index (χ4v) is 16.5. The fourth-order valence-electron chi connectivity index (χ4n) is 16.5. The number of rotatable bonds is 13. The topological polar surface area (TPSA) is 429 Å². The second-order valence-corrected chi connectivity index (χ2v) is 26.0. The van der Waals surface area contributed by atoms with Crippen LogP contribution in [0.1, 0.15) is 106 Å². The molecule has 80 heavy (non-hydrogen) atoms. The number of aliphatic carboxylic acids is 3. The molecule has 8 fully saturated rings. The normalized spacial score (nSPS) is 55.1. The van der Waals surface area contributed by atoms with Crippen molar-refractivity contribution < 1.29 is 129 Å². The number of aliphatic hydroxyl groups excluding tert-OH is 12. The lowest BCUT2D eigenvalue weighted by atomic mass is 9.33. The third kappa shape index (κ3) is 9.60. The first-order valence-electron chi connectivity index (χ1n) is 28.0. The van der Waals surface area contributed by atoms with Gasteiger partial charge in [-0.05, 0) is 113 Å². The monoisotopic (exact) mass is 1150 g/mol. The molecule has 4 saturated heterocycles. The van der Waals surface area contributed by atoms with Gasteiger partial charge in [0, 0.05) is 5.41 Å². The number of carbonyl (C=O) groups is 3. The largest absolute Gasteiger partial charge is 0.481 e. The van der Waals surface area contributed by atoms with Crippen LogP contribution in [0.4, 0.5) is 0 Å². The van der Waals surface area contributed by atoms with Crippen LogP contribution in [0.25, 0.3) is 0 Å². The molecule has 15 N–H and O–H groups in total. The number of carboxylic acid groups (broad SMARTS) is 3. The van der Waals surface area contributed by atoms with E-state index in [-0.39, 0.29) is 24.7 Å². The second-order valence-electron chi connectivity index (χ2n) is 26.0. The van der Waals surface area contributed by atoms with Crippen LogP contribution < -0.4 is 0 Å². The summed E-state index contributed by atoms with van der Waals surface area (Å²) in [7, 11) is 0. The molecule has 31 atom stereocenters. The number of ether oxygens (including phenoxy) is 8.